The number of carbonyl (C=O) groups is 4. The molecule has 5 N–H and O–H groups in total. The molecule has 0 aromatic rings. The maximum Gasteiger partial charge on any atom is 0.246 e. The van der Waals surface area contributed by atoms with E-state index in [1.165, 1.54) is 16.7 Å². The summed E-state index contributed by atoms with van der Waals surface area (Å²) >= 11 is 0. The molecule has 2 aliphatic rings. The van der Waals surface area contributed by atoms with Gasteiger partial charge < -0.3 is 31.1 Å². The lowest BCUT2D eigenvalue weighted by Crippen LogP contribution is -2.56. The summed E-state index contributed by atoms with van der Waals surface area (Å²) in [7, 11) is 0. The zero-order chi connectivity index (χ0) is 20.1. The zero-order valence-corrected chi connectivity index (χ0v) is 15.5. The SMILES string of the molecule is CC(=O)[C@H](CO)NC(=O)C1CCCN1C(=O)C1CCCN1C(=O)[C@@H](N)CO. The van der Waals surface area contributed by atoms with Gasteiger partial charge in [0.2, 0.25) is 17.7 Å². The minimum atomic E-state index is -1.07. The zero-order valence-electron chi connectivity index (χ0n) is 15.5. The van der Waals surface area contributed by atoms with Crippen LogP contribution < -0.4 is 11.1 Å². The lowest BCUT2D eigenvalue weighted by Gasteiger charge is -2.32. The average Bonchev–Trinajstić information content (AvgIpc) is 3.33. The Bertz CT molecular complexity index is 598. The van der Waals surface area contributed by atoms with Crippen LogP contribution in [0.2, 0.25) is 0 Å². The second kappa shape index (κ2) is 9.25. The maximum atomic E-state index is 13.0. The van der Waals surface area contributed by atoms with Crippen molar-refractivity contribution in [3.05, 3.63) is 0 Å². The minimum absolute atomic E-state index is 0.327. The van der Waals surface area contributed by atoms with Crippen molar-refractivity contribution in [2.24, 2.45) is 5.73 Å². The van der Waals surface area contributed by atoms with Crippen LogP contribution in [-0.2, 0) is 19.2 Å². The van der Waals surface area contributed by atoms with Crippen molar-refractivity contribution in [1.29, 1.82) is 0 Å². The summed E-state index contributed by atoms with van der Waals surface area (Å²) in [6.07, 6.45) is 2.19. The number of nitrogens with two attached hydrogens (primary N) is 1. The molecule has 0 aromatic heterocycles. The van der Waals surface area contributed by atoms with Gasteiger partial charge in [-0.25, -0.2) is 0 Å². The first kappa shape index (κ1) is 21.3. The summed E-state index contributed by atoms with van der Waals surface area (Å²) in [5, 5.41) is 20.8. The molecule has 0 saturated carbocycles. The van der Waals surface area contributed by atoms with Gasteiger partial charge in [-0.3, -0.25) is 19.2 Å². The number of rotatable bonds is 7. The summed E-state index contributed by atoms with van der Waals surface area (Å²) in [6.45, 7) is 1.02. The van der Waals surface area contributed by atoms with Crippen LogP contribution in [-0.4, -0.2) is 94.0 Å². The van der Waals surface area contributed by atoms with Crippen LogP contribution in [0.3, 0.4) is 0 Å². The predicted molar refractivity (Wildman–Crippen MR) is 94.2 cm³/mol. The molecule has 2 rings (SSSR count). The van der Waals surface area contributed by atoms with Crippen LogP contribution in [0.1, 0.15) is 32.6 Å². The fourth-order valence-corrected chi connectivity index (χ4v) is 3.62. The monoisotopic (exact) mass is 384 g/mol. The maximum absolute atomic E-state index is 13.0. The molecule has 10 nitrogen and oxygen atoms in total. The largest absolute Gasteiger partial charge is 0.394 e. The molecular weight excluding hydrogens is 356 g/mol. The van der Waals surface area contributed by atoms with Crippen LogP contribution in [0.4, 0.5) is 0 Å². The third-order valence-corrected chi connectivity index (χ3v) is 5.16. The molecule has 2 heterocycles. The molecule has 2 saturated heterocycles. The Morgan fingerprint density at radius 1 is 1.04 bits per heavy atom. The number of nitrogens with one attached hydrogen (secondary N) is 1. The molecule has 2 unspecified atom stereocenters. The molecule has 152 valence electrons. The standard InChI is InChI=1S/C17H28N4O6/c1-10(24)12(9-23)19-15(25)13-4-2-6-20(13)17(27)14-5-3-7-21(14)16(26)11(18)8-22/h11-14,22-23H,2-9,18H2,1H3,(H,19,25)/t11-,12-,13?,14?/m0/s1. The van der Waals surface area contributed by atoms with Crippen molar-refractivity contribution in [2.45, 2.75) is 56.8 Å². The highest BCUT2D eigenvalue weighted by molar-refractivity contribution is 5.95. The quantitative estimate of drug-likeness (QED) is 0.374. The molecule has 0 aromatic carbocycles. The van der Waals surface area contributed by atoms with E-state index in [0.29, 0.717) is 38.8 Å². The highest BCUT2D eigenvalue weighted by Gasteiger charge is 2.43. The van der Waals surface area contributed by atoms with Crippen molar-refractivity contribution in [1.82, 2.24) is 15.1 Å². The number of carbonyl (C=O) groups excluding carboxylic acids is 4. The molecule has 0 radical (unpaired) electrons. The molecule has 4 atom stereocenters. The van der Waals surface area contributed by atoms with E-state index in [1.807, 2.05) is 0 Å². The van der Waals surface area contributed by atoms with Gasteiger partial charge in [0.1, 0.15) is 24.2 Å². The minimum Gasteiger partial charge on any atom is -0.394 e. The van der Waals surface area contributed by atoms with E-state index in [2.05, 4.69) is 5.32 Å². The number of Topliss-reactive ketones (excluding diaryl/α,β-unsaturated/α-hetero) is 1. The molecule has 0 bridgehead atoms. The first-order valence-electron chi connectivity index (χ1n) is 9.20. The van der Waals surface area contributed by atoms with Gasteiger partial charge in [-0.2, -0.15) is 0 Å². The Morgan fingerprint density at radius 2 is 1.63 bits per heavy atom. The number of aliphatic hydroxyl groups excluding tert-OH is 2. The highest BCUT2D eigenvalue weighted by Crippen LogP contribution is 2.25. The molecule has 0 aliphatic carbocycles. The molecule has 10 heteroatoms. The normalized spacial score (nSPS) is 24.6. The number of hydrogen-bond acceptors (Lipinski definition) is 7. The van der Waals surface area contributed by atoms with Crippen molar-refractivity contribution in [2.75, 3.05) is 26.3 Å². The lowest BCUT2D eigenvalue weighted by atomic mass is 10.1. The molecular formula is C17H28N4O6. The third-order valence-electron chi connectivity index (χ3n) is 5.16. The van der Waals surface area contributed by atoms with Crippen molar-refractivity contribution < 1.29 is 29.4 Å². The Balaban J connectivity index is 2.09. The highest BCUT2D eigenvalue weighted by atomic mass is 16.3. The summed E-state index contributed by atoms with van der Waals surface area (Å²) in [6, 6.07) is -3.51. The second-order valence-corrected chi connectivity index (χ2v) is 7.02. The molecule has 2 fully saturated rings. The van der Waals surface area contributed by atoms with Crippen LogP contribution in [0.15, 0.2) is 0 Å². The van der Waals surface area contributed by atoms with Crippen LogP contribution in [0.25, 0.3) is 0 Å². The van der Waals surface area contributed by atoms with Gasteiger partial charge in [0.05, 0.1) is 13.2 Å². The van der Waals surface area contributed by atoms with E-state index in [1.54, 1.807) is 0 Å². The van der Waals surface area contributed by atoms with Crippen molar-refractivity contribution in [3.8, 4) is 0 Å². The number of amides is 3. The van der Waals surface area contributed by atoms with Crippen LogP contribution in [0, 0.1) is 0 Å². The molecule has 27 heavy (non-hydrogen) atoms. The van der Waals surface area contributed by atoms with Gasteiger partial charge in [0, 0.05) is 13.1 Å². The van der Waals surface area contributed by atoms with Crippen LogP contribution in [0.5, 0.6) is 0 Å². The summed E-state index contributed by atoms with van der Waals surface area (Å²) < 4.78 is 0. The first-order valence-corrected chi connectivity index (χ1v) is 9.20. The Labute approximate surface area is 157 Å². The first-order chi connectivity index (χ1) is 12.8. The molecule has 2 aliphatic heterocycles. The number of likely N-dealkylation sites (tertiary alicyclic amines) is 2. The average molecular weight is 384 g/mol. The molecule has 0 spiro atoms. The number of ketones is 1. The van der Waals surface area contributed by atoms with E-state index in [4.69, 9.17) is 10.8 Å². The molecule has 3 amide bonds. The topological polar surface area (TPSA) is 153 Å². The summed E-state index contributed by atoms with van der Waals surface area (Å²) in [4.78, 5) is 52.1. The van der Waals surface area contributed by atoms with Crippen LogP contribution >= 0.6 is 0 Å². The lowest BCUT2D eigenvalue weighted by molar-refractivity contribution is -0.147. The summed E-state index contributed by atoms with van der Waals surface area (Å²) in [5.74, 6) is -1.66. The van der Waals surface area contributed by atoms with Gasteiger partial charge in [-0.05, 0) is 32.6 Å². The number of aliphatic hydroxyl groups is 2. The smallest absolute Gasteiger partial charge is 0.246 e. The van der Waals surface area contributed by atoms with Crippen molar-refractivity contribution >= 4 is 23.5 Å². The van der Waals surface area contributed by atoms with E-state index >= 15 is 0 Å². The van der Waals surface area contributed by atoms with Gasteiger partial charge >= 0.3 is 0 Å². The Hall–Kier alpha value is -2.04. The van der Waals surface area contributed by atoms with Gasteiger partial charge in [0.15, 0.2) is 5.78 Å². The Kier molecular flexibility index (Phi) is 7.28. The summed E-state index contributed by atoms with van der Waals surface area (Å²) in [5.41, 5.74) is 5.60. The van der Waals surface area contributed by atoms with E-state index < -0.39 is 49.2 Å². The Morgan fingerprint density at radius 3 is 2.19 bits per heavy atom. The van der Waals surface area contributed by atoms with E-state index in [0.717, 1.165) is 0 Å². The van der Waals surface area contributed by atoms with Gasteiger partial charge in [0.25, 0.3) is 0 Å². The third kappa shape index (κ3) is 4.63. The van der Waals surface area contributed by atoms with Gasteiger partial charge in [-0.15, -0.1) is 0 Å². The number of hydrogen-bond donors (Lipinski definition) is 4. The number of nitrogens with zero attached hydrogens (tertiary/aromatic N) is 2. The predicted octanol–water partition coefficient (Wildman–Crippen LogP) is -2.65. The van der Waals surface area contributed by atoms with E-state index in [-0.39, 0.29) is 11.7 Å². The van der Waals surface area contributed by atoms with Gasteiger partial charge in [-0.1, -0.05) is 0 Å². The second-order valence-electron chi connectivity index (χ2n) is 7.02. The fourth-order valence-electron chi connectivity index (χ4n) is 3.62. The fraction of sp³-hybridized carbons (Fsp3) is 0.765. The van der Waals surface area contributed by atoms with E-state index in [9.17, 15) is 24.3 Å². The van der Waals surface area contributed by atoms with Crippen molar-refractivity contribution in [3.63, 3.8) is 0 Å².